The van der Waals surface area contributed by atoms with Crippen LogP contribution in [0.2, 0.25) is 5.02 Å². The highest BCUT2D eigenvalue weighted by Gasteiger charge is 2.31. The van der Waals surface area contributed by atoms with Crippen LogP contribution >= 0.6 is 11.6 Å². The molecule has 3 N–H and O–H groups in total. The highest BCUT2D eigenvalue weighted by atomic mass is 35.5. The van der Waals surface area contributed by atoms with Crippen LogP contribution in [-0.4, -0.2) is 18.3 Å². The van der Waals surface area contributed by atoms with Gasteiger partial charge in [-0.1, -0.05) is 23.7 Å². The zero-order valence-electron chi connectivity index (χ0n) is 11.3. The third kappa shape index (κ3) is 3.40. The summed E-state index contributed by atoms with van der Waals surface area (Å²) in [5, 5.41) is 10.2. The Morgan fingerprint density at radius 2 is 1.81 bits per heavy atom. The first-order chi connectivity index (χ1) is 10.0. The zero-order valence-corrected chi connectivity index (χ0v) is 12.1. The van der Waals surface area contributed by atoms with Crippen molar-refractivity contribution in [2.24, 2.45) is 5.73 Å². The van der Waals surface area contributed by atoms with Gasteiger partial charge in [-0.15, -0.1) is 0 Å². The Hall–Kier alpha value is -1.49. The Bertz CT molecular complexity index is 629. The quantitative estimate of drug-likeness (QED) is 0.891. The van der Waals surface area contributed by atoms with Crippen LogP contribution in [0.3, 0.4) is 0 Å². The summed E-state index contributed by atoms with van der Waals surface area (Å²) in [5.41, 5.74) is 6.00. The largest absolute Gasteiger partial charge is 0.395 e. The Balaban J connectivity index is 2.45. The van der Waals surface area contributed by atoms with E-state index in [1.807, 2.05) is 0 Å². The second kappa shape index (κ2) is 6.52. The average molecular weight is 312 g/mol. The molecule has 0 aromatic heterocycles. The molecule has 1 unspecified atom stereocenters. The standard InChI is InChI=1S/C16H16ClF2NO/c17-15-5-4-14(19)6-11(15)8-16(9-20,10-21)12-2-1-3-13(18)7-12/h1-7,21H,8-10,20H2. The molecule has 2 aromatic rings. The molecule has 2 nitrogen and oxygen atoms in total. The normalized spacial score (nSPS) is 14.0. The highest BCUT2D eigenvalue weighted by molar-refractivity contribution is 6.31. The van der Waals surface area contributed by atoms with Crippen LogP contribution < -0.4 is 5.73 Å². The Morgan fingerprint density at radius 1 is 1.10 bits per heavy atom. The van der Waals surface area contributed by atoms with E-state index in [1.165, 1.54) is 30.3 Å². The third-order valence-corrected chi connectivity index (χ3v) is 4.04. The molecule has 0 spiro atoms. The molecule has 2 rings (SSSR count). The van der Waals surface area contributed by atoms with Crippen LogP contribution in [0.5, 0.6) is 0 Å². The molecule has 0 aliphatic carbocycles. The molecule has 0 aliphatic heterocycles. The lowest BCUT2D eigenvalue weighted by molar-refractivity contribution is 0.195. The van der Waals surface area contributed by atoms with Crippen molar-refractivity contribution in [3.63, 3.8) is 0 Å². The SMILES string of the molecule is NCC(CO)(Cc1cc(F)ccc1Cl)c1cccc(F)c1. The summed E-state index contributed by atoms with van der Waals surface area (Å²) in [6.07, 6.45) is 0.222. The van der Waals surface area contributed by atoms with E-state index < -0.39 is 17.0 Å². The van der Waals surface area contributed by atoms with E-state index >= 15 is 0 Å². The average Bonchev–Trinajstić information content (AvgIpc) is 2.48. The number of hydrogen-bond donors (Lipinski definition) is 2. The van der Waals surface area contributed by atoms with Gasteiger partial charge in [-0.05, 0) is 47.9 Å². The van der Waals surface area contributed by atoms with Gasteiger partial charge in [-0.3, -0.25) is 0 Å². The van der Waals surface area contributed by atoms with Crippen molar-refractivity contribution in [1.29, 1.82) is 0 Å². The maximum atomic E-state index is 13.4. The number of hydrogen-bond acceptors (Lipinski definition) is 2. The lowest BCUT2D eigenvalue weighted by Gasteiger charge is -2.31. The molecule has 0 radical (unpaired) electrons. The molecule has 0 amide bonds. The van der Waals surface area contributed by atoms with Crippen molar-refractivity contribution in [3.8, 4) is 0 Å². The third-order valence-electron chi connectivity index (χ3n) is 3.67. The van der Waals surface area contributed by atoms with Crippen molar-refractivity contribution in [3.05, 3.63) is 70.2 Å². The number of aliphatic hydroxyl groups excluding tert-OH is 1. The van der Waals surface area contributed by atoms with Crippen LogP contribution in [0, 0.1) is 11.6 Å². The van der Waals surface area contributed by atoms with Gasteiger partial charge in [0.2, 0.25) is 0 Å². The van der Waals surface area contributed by atoms with Crippen LogP contribution in [0.4, 0.5) is 8.78 Å². The van der Waals surface area contributed by atoms with E-state index in [1.54, 1.807) is 12.1 Å². The second-order valence-electron chi connectivity index (χ2n) is 5.07. The van der Waals surface area contributed by atoms with Gasteiger partial charge >= 0.3 is 0 Å². The summed E-state index contributed by atoms with van der Waals surface area (Å²) < 4.78 is 26.8. The minimum Gasteiger partial charge on any atom is -0.395 e. The van der Waals surface area contributed by atoms with E-state index in [2.05, 4.69) is 0 Å². The van der Waals surface area contributed by atoms with Crippen molar-refractivity contribution in [2.75, 3.05) is 13.2 Å². The predicted octanol–water partition coefficient (Wildman–Crippen LogP) is 3.05. The molecule has 21 heavy (non-hydrogen) atoms. The van der Waals surface area contributed by atoms with E-state index in [0.717, 1.165) is 0 Å². The van der Waals surface area contributed by atoms with Gasteiger partial charge in [-0.2, -0.15) is 0 Å². The van der Waals surface area contributed by atoms with Gasteiger partial charge in [0.05, 0.1) is 6.61 Å². The summed E-state index contributed by atoms with van der Waals surface area (Å²) in [7, 11) is 0. The summed E-state index contributed by atoms with van der Waals surface area (Å²) in [6.45, 7) is -0.209. The first-order valence-electron chi connectivity index (χ1n) is 6.52. The highest BCUT2D eigenvalue weighted by Crippen LogP contribution is 2.31. The Kier molecular flexibility index (Phi) is 4.93. The van der Waals surface area contributed by atoms with Gasteiger partial charge in [-0.25, -0.2) is 8.78 Å². The predicted molar refractivity (Wildman–Crippen MR) is 79.3 cm³/mol. The summed E-state index contributed by atoms with van der Waals surface area (Å²) >= 11 is 6.07. The molecule has 0 fully saturated rings. The second-order valence-corrected chi connectivity index (χ2v) is 5.47. The van der Waals surface area contributed by atoms with Crippen LogP contribution in [0.15, 0.2) is 42.5 Å². The van der Waals surface area contributed by atoms with Gasteiger partial charge in [0, 0.05) is 17.0 Å². The number of rotatable bonds is 5. The van der Waals surface area contributed by atoms with Gasteiger partial charge in [0.25, 0.3) is 0 Å². The van der Waals surface area contributed by atoms with Gasteiger partial charge in [0.1, 0.15) is 11.6 Å². The van der Waals surface area contributed by atoms with Crippen molar-refractivity contribution < 1.29 is 13.9 Å². The number of nitrogens with two attached hydrogens (primary N) is 1. The molecular formula is C16H16ClF2NO. The van der Waals surface area contributed by atoms with Crippen molar-refractivity contribution in [2.45, 2.75) is 11.8 Å². The maximum Gasteiger partial charge on any atom is 0.123 e. The lowest BCUT2D eigenvalue weighted by atomic mass is 9.76. The lowest BCUT2D eigenvalue weighted by Crippen LogP contribution is -2.41. The fraction of sp³-hybridized carbons (Fsp3) is 0.250. The molecule has 0 heterocycles. The fourth-order valence-corrected chi connectivity index (χ4v) is 2.55. The molecule has 5 heteroatoms. The van der Waals surface area contributed by atoms with Crippen LogP contribution in [-0.2, 0) is 11.8 Å². The van der Waals surface area contributed by atoms with E-state index in [4.69, 9.17) is 17.3 Å². The summed E-state index contributed by atoms with van der Waals surface area (Å²) in [5.74, 6) is -0.832. The molecule has 112 valence electrons. The van der Waals surface area contributed by atoms with Gasteiger partial charge in [0.15, 0.2) is 0 Å². The number of benzene rings is 2. The molecule has 0 saturated heterocycles. The smallest absolute Gasteiger partial charge is 0.123 e. The van der Waals surface area contributed by atoms with Crippen LogP contribution in [0.25, 0.3) is 0 Å². The Labute approximate surface area is 127 Å². The number of halogens is 3. The Morgan fingerprint density at radius 3 is 2.43 bits per heavy atom. The molecule has 0 saturated carbocycles. The summed E-state index contributed by atoms with van der Waals surface area (Å²) in [6, 6.07) is 9.92. The van der Waals surface area contributed by atoms with E-state index in [-0.39, 0.29) is 19.6 Å². The molecule has 2 aromatic carbocycles. The zero-order chi connectivity index (χ0) is 15.5. The first-order valence-corrected chi connectivity index (χ1v) is 6.89. The summed E-state index contributed by atoms with van der Waals surface area (Å²) in [4.78, 5) is 0. The van der Waals surface area contributed by atoms with Crippen molar-refractivity contribution in [1.82, 2.24) is 0 Å². The molecule has 0 bridgehead atoms. The van der Waals surface area contributed by atoms with E-state index in [0.29, 0.717) is 16.1 Å². The monoisotopic (exact) mass is 311 g/mol. The van der Waals surface area contributed by atoms with Crippen molar-refractivity contribution >= 4 is 11.6 Å². The minimum absolute atomic E-state index is 0.0831. The maximum absolute atomic E-state index is 13.4. The fourth-order valence-electron chi connectivity index (χ4n) is 2.37. The number of aliphatic hydroxyl groups is 1. The van der Waals surface area contributed by atoms with Gasteiger partial charge < -0.3 is 10.8 Å². The molecule has 0 aliphatic rings. The van der Waals surface area contributed by atoms with E-state index in [9.17, 15) is 13.9 Å². The van der Waals surface area contributed by atoms with Crippen LogP contribution in [0.1, 0.15) is 11.1 Å². The molecule has 1 atom stereocenters. The topological polar surface area (TPSA) is 46.2 Å². The first kappa shape index (κ1) is 15.9. The molecular weight excluding hydrogens is 296 g/mol. The minimum atomic E-state index is -0.903.